The lowest BCUT2D eigenvalue weighted by Gasteiger charge is -2.42. The molecule has 1 saturated carbocycles. The van der Waals surface area contributed by atoms with Crippen molar-refractivity contribution in [3.63, 3.8) is 0 Å². The summed E-state index contributed by atoms with van der Waals surface area (Å²) in [5, 5.41) is 10.7. The number of likely N-dealkylation sites (tertiary alicyclic amines) is 1. The van der Waals surface area contributed by atoms with Crippen molar-refractivity contribution in [2.75, 3.05) is 20.1 Å². The number of benzene rings is 1. The summed E-state index contributed by atoms with van der Waals surface area (Å²) in [7, 11) is 1.92. The van der Waals surface area contributed by atoms with Crippen LogP contribution in [0.5, 0.6) is 0 Å². The van der Waals surface area contributed by atoms with E-state index in [0.717, 1.165) is 25.1 Å². The Morgan fingerprint density at radius 3 is 2.44 bits per heavy atom. The number of hydrogen-bond acceptors (Lipinski definition) is 4. The SMILES string of the molecule is CN(C(=O)Cc1ccc([N+](=O)[O-])cc1)[C@@H]1CCCC[C@H]1N1CCCC1. The van der Waals surface area contributed by atoms with Crippen LogP contribution < -0.4 is 0 Å². The van der Waals surface area contributed by atoms with Gasteiger partial charge in [0.05, 0.1) is 11.3 Å². The van der Waals surface area contributed by atoms with E-state index in [1.165, 1.54) is 44.2 Å². The molecule has 1 aliphatic carbocycles. The van der Waals surface area contributed by atoms with Gasteiger partial charge in [0.25, 0.3) is 5.69 Å². The predicted octanol–water partition coefficient (Wildman–Crippen LogP) is 3.00. The van der Waals surface area contributed by atoms with Gasteiger partial charge in [-0.1, -0.05) is 25.0 Å². The second-order valence-corrected chi connectivity index (χ2v) is 7.27. The standard InChI is InChI=1S/C19H27N3O3/c1-20(17-6-2-3-7-18(17)21-12-4-5-13-21)19(23)14-15-8-10-16(11-9-15)22(24)25/h8-11,17-18H,2-7,12-14H2,1H3/t17-,18-/m1/s1. The second-order valence-electron chi connectivity index (χ2n) is 7.27. The average Bonchev–Trinajstić information content (AvgIpc) is 3.16. The van der Waals surface area contributed by atoms with Gasteiger partial charge in [-0.2, -0.15) is 0 Å². The van der Waals surface area contributed by atoms with E-state index in [0.29, 0.717) is 12.5 Å². The Labute approximate surface area is 148 Å². The Bertz CT molecular complexity index is 611. The van der Waals surface area contributed by atoms with Crippen molar-refractivity contribution < 1.29 is 9.72 Å². The molecule has 2 aliphatic rings. The number of nitro groups is 1. The molecule has 1 saturated heterocycles. The molecule has 1 aliphatic heterocycles. The first kappa shape index (κ1) is 17.9. The number of nitrogens with zero attached hydrogens (tertiary/aromatic N) is 3. The van der Waals surface area contributed by atoms with Crippen LogP contribution in [-0.4, -0.2) is 52.9 Å². The van der Waals surface area contributed by atoms with Gasteiger partial charge in [0, 0.05) is 31.3 Å². The third-order valence-corrected chi connectivity index (χ3v) is 5.70. The third kappa shape index (κ3) is 4.18. The molecule has 0 radical (unpaired) electrons. The third-order valence-electron chi connectivity index (χ3n) is 5.70. The molecular weight excluding hydrogens is 318 g/mol. The van der Waals surface area contributed by atoms with Crippen LogP contribution >= 0.6 is 0 Å². The first-order chi connectivity index (χ1) is 12.1. The Morgan fingerprint density at radius 2 is 1.80 bits per heavy atom. The molecule has 6 heteroatoms. The van der Waals surface area contributed by atoms with Gasteiger partial charge in [-0.25, -0.2) is 0 Å². The largest absolute Gasteiger partial charge is 0.341 e. The average molecular weight is 345 g/mol. The fraction of sp³-hybridized carbons (Fsp3) is 0.632. The topological polar surface area (TPSA) is 66.7 Å². The van der Waals surface area contributed by atoms with E-state index in [4.69, 9.17) is 0 Å². The molecule has 2 fully saturated rings. The van der Waals surface area contributed by atoms with Gasteiger partial charge in [0.1, 0.15) is 0 Å². The van der Waals surface area contributed by atoms with Crippen molar-refractivity contribution >= 4 is 11.6 Å². The molecule has 0 spiro atoms. The minimum absolute atomic E-state index is 0.0610. The van der Waals surface area contributed by atoms with Crippen LogP contribution in [0.4, 0.5) is 5.69 Å². The summed E-state index contributed by atoms with van der Waals surface area (Å²) in [6.07, 6.45) is 7.53. The van der Waals surface area contributed by atoms with E-state index in [1.807, 2.05) is 11.9 Å². The number of nitro benzene ring substituents is 1. The molecule has 1 amide bonds. The molecule has 0 aromatic heterocycles. The van der Waals surface area contributed by atoms with Gasteiger partial charge >= 0.3 is 0 Å². The highest BCUT2D eigenvalue weighted by Gasteiger charge is 2.35. The lowest BCUT2D eigenvalue weighted by molar-refractivity contribution is -0.384. The first-order valence-corrected chi connectivity index (χ1v) is 9.29. The number of non-ortho nitro benzene ring substituents is 1. The molecule has 3 rings (SSSR count). The van der Waals surface area contributed by atoms with Gasteiger partial charge in [-0.15, -0.1) is 0 Å². The van der Waals surface area contributed by atoms with E-state index in [9.17, 15) is 14.9 Å². The van der Waals surface area contributed by atoms with Crippen molar-refractivity contribution in [1.82, 2.24) is 9.80 Å². The Kier molecular flexibility index (Phi) is 5.68. The monoisotopic (exact) mass is 345 g/mol. The predicted molar refractivity (Wildman–Crippen MR) is 96.4 cm³/mol. The highest BCUT2D eigenvalue weighted by Crippen LogP contribution is 2.29. The number of carbonyl (C=O) groups excluding carboxylic acids is 1. The number of rotatable bonds is 5. The van der Waals surface area contributed by atoms with Gasteiger partial charge in [-0.05, 0) is 44.3 Å². The summed E-state index contributed by atoms with van der Waals surface area (Å²) in [5.41, 5.74) is 0.891. The highest BCUT2D eigenvalue weighted by molar-refractivity contribution is 5.79. The number of likely N-dealkylation sites (N-methyl/N-ethyl adjacent to an activating group) is 1. The molecule has 6 nitrogen and oxygen atoms in total. The van der Waals surface area contributed by atoms with Crippen molar-refractivity contribution in [1.29, 1.82) is 0 Å². The minimum atomic E-state index is -0.416. The molecule has 136 valence electrons. The fourth-order valence-corrected chi connectivity index (χ4v) is 4.26. The number of carbonyl (C=O) groups is 1. The zero-order chi connectivity index (χ0) is 17.8. The zero-order valence-electron chi connectivity index (χ0n) is 14.9. The normalized spacial score (nSPS) is 24.2. The molecular formula is C19H27N3O3. The van der Waals surface area contributed by atoms with Crippen LogP contribution in [0.2, 0.25) is 0 Å². The minimum Gasteiger partial charge on any atom is -0.341 e. The van der Waals surface area contributed by atoms with E-state index in [2.05, 4.69) is 4.90 Å². The van der Waals surface area contributed by atoms with E-state index in [1.54, 1.807) is 12.1 Å². The fourth-order valence-electron chi connectivity index (χ4n) is 4.26. The molecule has 1 aromatic carbocycles. The van der Waals surface area contributed by atoms with Gasteiger partial charge in [0.2, 0.25) is 5.91 Å². The van der Waals surface area contributed by atoms with E-state index < -0.39 is 4.92 Å². The first-order valence-electron chi connectivity index (χ1n) is 9.29. The van der Waals surface area contributed by atoms with Gasteiger partial charge in [0.15, 0.2) is 0 Å². The Hall–Kier alpha value is -1.95. The second kappa shape index (κ2) is 7.95. The van der Waals surface area contributed by atoms with Gasteiger partial charge < -0.3 is 4.90 Å². The molecule has 25 heavy (non-hydrogen) atoms. The summed E-state index contributed by atoms with van der Waals surface area (Å²) < 4.78 is 0. The van der Waals surface area contributed by atoms with Crippen LogP contribution in [0.25, 0.3) is 0 Å². The summed E-state index contributed by atoms with van der Waals surface area (Å²) in [6.45, 7) is 2.32. The van der Waals surface area contributed by atoms with Crippen LogP contribution in [0.1, 0.15) is 44.1 Å². The van der Waals surface area contributed by atoms with Crippen molar-refractivity contribution in [2.24, 2.45) is 0 Å². The van der Waals surface area contributed by atoms with Crippen LogP contribution in [0.15, 0.2) is 24.3 Å². The molecule has 0 bridgehead atoms. The summed E-state index contributed by atoms with van der Waals surface area (Å²) >= 11 is 0. The summed E-state index contributed by atoms with van der Waals surface area (Å²) in [6, 6.07) is 7.08. The lowest BCUT2D eigenvalue weighted by atomic mass is 9.88. The lowest BCUT2D eigenvalue weighted by Crippen LogP contribution is -2.53. The Morgan fingerprint density at radius 1 is 1.16 bits per heavy atom. The maximum Gasteiger partial charge on any atom is 0.269 e. The number of hydrogen-bond donors (Lipinski definition) is 0. The van der Waals surface area contributed by atoms with Crippen molar-refractivity contribution in [3.8, 4) is 0 Å². The van der Waals surface area contributed by atoms with Crippen LogP contribution in [0.3, 0.4) is 0 Å². The molecule has 0 unspecified atom stereocenters. The summed E-state index contributed by atoms with van der Waals surface area (Å²) in [5.74, 6) is 0.102. The van der Waals surface area contributed by atoms with E-state index >= 15 is 0 Å². The van der Waals surface area contributed by atoms with Crippen LogP contribution in [-0.2, 0) is 11.2 Å². The van der Waals surface area contributed by atoms with Crippen LogP contribution in [0, 0.1) is 10.1 Å². The van der Waals surface area contributed by atoms with Gasteiger partial charge in [-0.3, -0.25) is 19.8 Å². The Balaban J connectivity index is 1.64. The summed E-state index contributed by atoms with van der Waals surface area (Å²) in [4.78, 5) is 27.6. The molecule has 1 heterocycles. The highest BCUT2D eigenvalue weighted by atomic mass is 16.6. The zero-order valence-corrected chi connectivity index (χ0v) is 14.9. The molecule has 0 N–H and O–H groups in total. The maximum atomic E-state index is 12.8. The van der Waals surface area contributed by atoms with Crippen molar-refractivity contribution in [3.05, 3.63) is 39.9 Å². The number of amides is 1. The van der Waals surface area contributed by atoms with Crippen molar-refractivity contribution in [2.45, 2.75) is 57.0 Å². The van der Waals surface area contributed by atoms with E-state index in [-0.39, 0.29) is 17.6 Å². The molecule has 2 atom stereocenters. The smallest absolute Gasteiger partial charge is 0.269 e. The maximum absolute atomic E-state index is 12.8. The molecule has 1 aromatic rings. The quantitative estimate of drug-likeness (QED) is 0.608.